The van der Waals surface area contributed by atoms with E-state index in [0.29, 0.717) is 36.0 Å². The molecular weight excluding hydrogens is 368 g/mol. The van der Waals surface area contributed by atoms with Gasteiger partial charge in [-0.3, -0.25) is 4.79 Å². The molecule has 1 aromatic heterocycles. The minimum Gasteiger partial charge on any atom is -0.465 e. The first-order chi connectivity index (χ1) is 14.1. The number of methoxy groups -OCH3 is 1. The number of ether oxygens (including phenoxy) is 1. The number of nitrogens with zero attached hydrogens (tertiary/aromatic N) is 3. The number of esters is 1. The van der Waals surface area contributed by atoms with E-state index in [2.05, 4.69) is 32.2 Å². The lowest BCUT2D eigenvalue weighted by Crippen LogP contribution is -2.36. The third-order valence-electron chi connectivity index (χ3n) is 4.85. The number of rotatable bonds is 4. The molecule has 7 nitrogen and oxygen atoms in total. The molecule has 1 amide bonds. The molecule has 0 radical (unpaired) electrons. The van der Waals surface area contributed by atoms with E-state index in [-0.39, 0.29) is 5.91 Å². The fourth-order valence-electron chi connectivity index (χ4n) is 3.31. The van der Waals surface area contributed by atoms with Gasteiger partial charge in [-0.15, -0.1) is 0 Å². The number of anilines is 2. The maximum Gasteiger partial charge on any atom is 0.337 e. The van der Waals surface area contributed by atoms with Gasteiger partial charge in [-0.05, 0) is 47.9 Å². The molecule has 0 saturated heterocycles. The van der Waals surface area contributed by atoms with E-state index >= 15 is 0 Å². The lowest BCUT2D eigenvalue weighted by atomic mass is 10.00. The summed E-state index contributed by atoms with van der Waals surface area (Å²) in [6, 6.07) is 16.5. The number of carbonyl (C=O) groups excluding carboxylic acids is 2. The maximum absolute atomic E-state index is 12.9. The second-order valence-electron chi connectivity index (χ2n) is 6.70. The predicted octanol–water partition coefficient (Wildman–Crippen LogP) is 3.21. The Morgan fingerprint density at radius 3 is 2.55 bits per heavy atom. The van der Waals surface area contributed by atoms with Gasteiger partial charge in [0.25, 0.3) is 5.91 Å². The van der Waals surface area contributed by atoms with Gasteiger partial charge in [-0.2, -0.15) is 0 Å². The van der Waals surface area contributed by atoms with Gasteiger partial charge < -0.3 is 15.0 Å². The minimum absolute atomic E-state index is 0.119. The van der Waals surface area contributed by atoms with Crippen LogP contribution in [0.3, 0.4) is 0 Å². The number of amides is 1. The number of fused-ring (bicyclic) bond motifs is 1. The number of nitrogens with one attached hydrogen (secondary N) is 1. The highest BCUT2D eigenvalue weighted by molar-refractivity contribution is 5.93. The summed E-state index contributed by atoms with van der Waals surface area (Å²) in [5.74, 6) is -0.200. The van der Waals surface area contributed by atoms with Gasteiger partial charge in [-0.1, -0.05) is 24.3 Å². The molecule has 3 aromatic rings. The van der Waals surface area contributed by atoms with Crippen LogP contribution in [0.2, 0.25) is 0 Å². The number of benzene rings is 2. The Balaban J connectivity index is 1.47. The second kappa shape index (κ2) is 8.10. The van der Waals surface area contributed by atoms with Crippen LogP contribution in [0.15, 0.2) is 60.8 Å². The van der Waals surface area contributed by atoms with Gasteiger partial charge in [0.2, 0.25) is 5.95 Å². The summed E-state index contributed by atoms with van der Waals surface area (Å²) < 4.78 is 4.69. The Hall–Kier alpha value is -3.74. The summed E-state index contributed by atoms with van der Waals surface area (Å²) in [5.41, 5.74) is 3.96. The SMILES string of the molecule is COC(=O)c1ccc(Nc2nccc(C(=O)N3CCc4ccccc4C3)n2)cc1. The summed E-state index contributed by atoms with van der Waals surface area (Å²) >= 11 is 0. The molecule has 0 spiro atoms. The number of hydrogen-bond donors (Lipinski definition) is 1. The first-order valence-corrected chi connectivity index (χ1v) is 9.28. The number of hydrogen-bond acceptors (Lipinski definition) is 6. The average molecular weight is 388 g/mol. The quantitative estimate of drug-likeness (QED) is 0.691. The Bertz CT molecular complexity index is 1050. The van der Waals surface area contributed by atoms with Gasteiger partial charge in [0.1, 0.15) is 5.69 Å². The summed E-state index contributed by atoms with van der Waals surface area (Å²) in [4.78, 5) is 34.8. The fraction of sp³-hybridized carbons (Fsp3) is 0.182. The van der Waals surface area contributed by atoms with Gasteiger partial charge in [-0.25, -0.2) is 14.8 Å². The van der Waals surface area contributed by atoms with Crippen molar-refractivity contribution in [2.75, 3.05) is 19.0 Å². The van der Waals surface area contributed by atoms with E-state index in [1.807, 2.05) is 12.1 Å². The van der Waals surface area contributed by atoms with E-state index in [0.717, 1.165) is 6.42 Å². The van der Waals surface area contributed by atoms with Crippen molar-refractivity contribution in [1.82, 2.24) is 14.9 Å². The molecule has 1 N–H and O–H groups in total. The average Bonchev–Trinajstić information content (AvgIpc) is 2.78. The monoisotopic (exact) mass is 388 g/mol. The van der Waals surface area contributed by atoms with E-state index in [1.165, 1.54) is 18.2 Å². The van der Waals surface area contributed by atoms with Crippen LogP contribution in [-0.2, 0) is 17.7 Å². The molecule has 7 heteroatoms. The van der Waals surface area contributed by atoms with Crippen molar-refractivity contribution < 1.29 is 14.3 Å². The van der Waals surface area contributed by atoms with Crippen molar-refractivity contribution in [1.29, 1.82) is 0 Å². The molecule has 1 aliphatic rings. The van der Waals surface area contributed by atoms with Crippen LogP contribution in [-0.4, -0.2) is 40.4 Å². The molecule has 4 rings (SSSR count). The molecule has 1 aliphatic heterocycles. The van der Waals surface area contributed by atoms with Crippen LogP contribution in [0, 0.1) is 0 Å². The highest BCUT2D eigenvalue weighted by atomic mass is 16.5. The van der Waals surface area contributed by atoms with Crippen LogP contribution in [0.1, 0.15) is 32.0 Å². The molecule has 0 bridgehead atoms. The molecular formula is C22H20N4O3. The summed E-state index contributed by atoms with van der Waals surface area (Å²) in [6.07, 6.45) is 2.40. The Morgan fingerprint density at radius 2 is 1.79 bits per heavy atom. The fourth-order valence-corrected chi connectivity index (χ4v) is 3.31. The molecule has 0 unspecified atom stereocenters. The van der Waals surface area contributed by atoms with Crippen molar-refractivity contribution in [3.8, 4) is 0 Å². The molecule has 0 aliphatic carbocycles. The zero-order valence-corrected chi connectivity index (χ0v) is 16.0. The zero-order chi connectivity index (χ0) is 20.2. The summed E-state index contributed by atoms with van der Waals surface area (Å²) in [7, 11) is 1.34. The summed E-state index contributed by atoms with van der Waals surface area (Å²) in [5, 5.41) is 3.06. The summed E-state index contributed by atoms with van der Waals surface area (Å²) in [6.45, 7) is 1.24. The zero-order valence-electron chi connectivity index (χ0n) is 16.0. The van der Waals surface area contributed by atoms with Crippen molar-refractivity contribution >= 4 is 23.5 Å². The normalized spacial score (nSPS) is 12.8. The molecule has 2 aromatic carbocycles. The van der Waals surface area contributed by atoms with E-state index in [4.69, 9.17) is 0 Å². The predicted molar refractivity (Wildman–Crippen MR) is 108 cm³/mol. The first kappa shape index (κ1) is 18.6. The number of aromatic nitrogens is 2. The van der Waals surface area contributed by atoms with Crippen LogP contribution in [0.25, 0.3) is 0 Å². The standard InChI is InChI=1S/C22H20N4O3/c1-29-21(28)16-6-8-18(9-7-16)24-22-23-12-10-19(25-22)20(27)26-13-11-15-4-2-3-5-17(15)14-26/h2-10,12H,11,13-14H2,1H3,(H,23,24,25). The van der Waals surface area contributed by atoms with Gasteiger partial charge >= 0.3 is 5.97 Å². The highest BCUT2D eigenvalue weighted by Crippen LogP contribution is 2.20. The second-order valence-corrected chi connectivity index (χ2v) is 6.70. The van der Waals surface area contributed by atoms with Gasteiger partial charge in [0.15, 0.2) is 0 Å². The molecule has 0 atom stereocenters. The van der Waals surface area contributed by atoms with Crippen molar-refractivity contribution in [2.24, 2.45) is 0 Å². The lowest BCUT2D eigenvalue weighted by molar-refractivity contribution is 0.0600. The number of carbonyl (C=O) groups is 2. The van der Waals surface area contributed by atoms with Crippen molar-refractivity contribution in [2.45, 2.75) is 13.0 Å². The van der Waals surface area contributed by atoms with Crippen molar-refractivity contribution in [3.63, 3.8) is 0 Å². The molecule has 2 heterocycles. The Labute approximate surface area is 168 Å². The molecule has 29 heavy (non-hydrogen) atoms. The maximum atomic E-state index is 12.9. The van der Waals surface area contributed by atoms with Crippen LogP contribution in [0.4, 0.5) is 11.6 Å². The third-order valence-corrected chi connectivity index (χ3v) is 4.85. The molecule has 0 saturated carbocycles. The minimum atomic E-state index is -0.400. The topological polar surface area (TPSA) is 84.4 Å². The van der Waals surface area contributed by atoms with E-state index in [1.54, 1.807) is 41.4 Å². The van der Waals surface area contributed by atoms with E-state index < -0.39 is 5.97 Å². The van der Waals surface area contributed by atoms with Crippen LogP contribution >= 0.6 is 0 Å². The van der Waals surface area contributed by atoms with E-state index in [9.17, 15) is 9.59 Å². The van der Waals surface area contributed by atoms with Crippen LogP contribution in [0.5, 0.6) is 0 Å². The molecule has 146 valence electrons. The van der Waals surface area contributed by atoms with Crippen molar-refractivity contribution in [3.05, 3.63) is 83.2 Å². The highest BCUT2D eigenvalue weighted by Gasteiger charge is 2.22. The first-order valence-electron chi connectivity index (χ1n) is 9.28. The molecule has 0 fully saturated rings. The lowest BCUT2D eigenvalue weighted by Gasteiger charge is -2.28. The Morgan fingerprint density at radius 1 is 1.03 bits per heavy atom. The Kier molecular flexibility index (Phi) is 5.20. The smallest absolute Gasteiger partial charge is 0.337 e. The largest absolute Gasteiger partial charge is 0.465 e. The van der Waals surface area contributed by atoms with Gasteiger partial charge in [0, 0.05) is 25.0 Å². The van der Waals surface area contributed by atoms with Gasteiger partial charge in [0.05, 0.1) is 12.7 Å². The van der Waals surface area contributed by atoms with Crippen LogP contribution < -0.4 is 5.32 Å². The third kappa shape index (κ3) is 4.08.